The van der Waals surface area contributed by atoms with E-state index >= 15 is 0 Å². The first-order valence-electron chi connectivity index (χ1n) is 7.02. The highest BCUT2D eigenvalue weighted by Gasteiger charge is 2.38. The van der Waals surface area contributed by atoms with Crippen molar-refractivity contribution in [1.82, 2.24) is 4.90 Å². The third-order valence-electron chi connectivity index (χ3n) is 3.34. The van der Waals surface area contributed by atoms with E-state index in [0.29, 0.717) is 0 Å². The summed E-state index contributed by atoms with van der Waals surface area (Å²) in [7, 11) is 0. The molecular weight excluding hydrogens is 230 g/mol. The highest BCUT2D eigenvalue weighted by molar-refractivity contribution is 4.89. The summed E-state index contributed by atoms with van der Waals surface area (Å²) in [4.78, 5) is 2.46. The molecule has 106 valence electrons. The minimum absolute atomic E-state index is 0.00665. The van der Waals surface area contributed by atoms with E-state index in [4.69, 9.17) is 14.2 Å². The first-order chi connectivity index (χ1) is 8.36. The van der Waals surface area contributed by atoms with E-state index < -0.39 is 0 Å². The summed E-state index contributed by atoms with van der Waals surface area (Å²) in [6, 6.07) is 0. The van der Waals surface area contributed by atoms with Gasteiger partial charge >= 0.3 is 0 Å². The van der Waals surface area contributed by atoms with Gasteiger partial charge in [-0.1, -0.05) is 0 Å². The Bertz CT molecular complexity index is 256. The van der Waals surface area contributed by atoms with Crippen molar-refractivity contribution in [2.45, 2.75) is 58.0 Å². The third-order valence-corrected chi connectivity index (χ3v) is 3.34. The lowest BCUT2D eigenvalue weighted by Crippen LogP contribution is -2.57. The topological polar surface area (TPSA) is 30.9 Å². The van der Waals surface area contributed by atoms with E-state index in [2.05, 4.69) is 32.6 Å². The molecule has 0 aromatic heterocycles. The van der Waals surface area contributed by atoms with Crippen molar-refractivity contribution in [3.63, 3.8) is 0 Å². The Morgan fingerprint density at radius 2 is 1.56 bits per heavy atom. The molecule has 0 aromatic carbocycles. The molecule has 0 aliphatic carbocycles. The van der Waals surface area contributed by atoms with Crippen LogP contribution in [0, 0.1) is 0 Å². The number of rotatable bonds is 3. The van der Waals surface area contributed by atoms with Crippen LogP contribution in [0.2, 0.25) is 0 Å². The fraction of sp³-hybridized carbons (Fsp3) is 1.00. The van der Waals surface area contributed by atoms with Crippen molar-refractivity contribution in [2.75, 3.05) is 32.8 Å². The van der Waals surface area contributed by atoms with Crippen LogP contribution in [0.5, 0.6) is 0 Å². The van der Waals surface area contributed by atoms with Crippen LogP contribution in [0.25, 0.3) is 0 Å². The Hall–Kier alpha value is -0.160. The summed E-state index contributed by atoms with van der Waals surface area (Å²) in [5.41, 5.74) is -0.147. The predicted molar refractivity (Wildman–Crippen MR) is 70.6 cm³/mol. The zero-order chi connectivity index (χ0) is 13.2. The minimum atomic E-state index is -0.0734. The van der Waals surface area contributed by atoms with E-state index in [1.165, 1.54) is 0 Å². The number of hydrogen-bond acceptors (Lipinski definition) is 4. The molecule has 2 rings (SSSR count). The standard InChI is InChI=1S/C14H27NO3/c1-13(2)10-15(11-14(3,4)18-13)7-6-12-16-8-5-9-17-12/h12H,5-11H2,1-4H3. The summed E-state index contributed by atoms with van der Waals surface area (Å²) in [6.07, 6.45) is 1.97. The highest BCUT2D eigenvalue weighted by Crippen LogP contribution is 2.28. The van der Waals surface area contributed by atoms with Crippen LogP contribution in [-0.2, 0) is 14.2 Å². The van der Waals surface area contributed by atoms with Crippen molar-refractivity contribution < 1.29 is 14.2 Å². The Kier molecular flexibility index (Phi) is 4.32. The van der Waals surface area contributed by atoms with Gasteiger partial charge in [0.1, 0.15) is 0 Å². The molecule has 4 heteroatoms. The molecule has 0 amide bonds. The van der Waals surface area contributed by atoms with Gasteiger partial charge in [-0.2, -0.15) is 0 Å². The molecule has 0 unspecified atom stereocenters. The SMILES string of the molecule is CC1(C)CN(CCC2OCCCO2)CC(C)(C)O1. The van der Waals surface area contributed by atoms with Crippen molar-refractivity contribution in [3.05, 3.63) is 0 Å². The molecule has 0 spiro atoms. The quantitative estimate of drug-likeness (QED) is 0.774. The van der Waals surface area contributed by atoms with Gasteiger partial charge in [-0.3, -0.25) is 4.90 Å². The molecule has 2 aliphatic rings. The van der Waals surface area contributed by atoms with Gasteiger partial charge in [0.15, 0.2) is 6.29 Å². The van der Waals surface area contributed by atoms with Gasteiger partial charge < -0.3 is 14.2 Å². The molecule has 0 saturated carbocycles. The van der Waals surface area contributed by atoms with Crippen LogP contribution >= 0.6 is 0 Å². The first kappa shape index (κ1) is 14.3. The summed E-state index contributed by atoms with van der Waals surface area (Å²) < 4.78 is 17.3. The monoisotopic (exact) mass is 257 g/mol. The largest absolute Gasteiger partial charge is 0.367 e. The fourth-order valence-corrected chi connectivity index (χ4v) is 3.09. The van der Waals surface area contributed by atoms with E-state index in [-0.39, 0.29) is 17.5 Å². The molecule has 0 radical (unpaired) electrons. The van der Waals surface area contributed by atoms with Crippen molar-refractivity contribution >= 4 is 0 Å². The third kappa shape index (κ3) is 4.19. The van der Waals surface area contributed by atoms with E-state index in [1.807, 2.05) is 0 Å². The summed E-state index contributed by atoms with van der Waals surface area (Å²) in [5.74, 6) is 0. The van der Waals surface area contributed by atoms with Crippen LogP contribution in [0.1, 0.15) is 40.5 Å². The van der Waals surface area contributed by atoms with Crippen LogP contribution < -0.4 is 0 Å². The van der Waals surface area contributed by atoms with Gasteiger partial charge in [0.25, 0.3) is 0 Å². The maximum absolute atomic E-state index is 6.08. The normalized spacial score (nSPS) is 29.3. The second-order valence-corrected chi connectivity index (χ2v) is 6.65. The maximum atomic E-state index is 6.08. The van der Waals surface area contributed by atoms with Gasteiger partial charge in [0.05, 0.1) is 24.4 Å². The Labute approximate surface area is 111 Å². The molecule has 2 heterocycles. The lowest BCUT2D eigenvalue weighted by atomic mass is 9.99. The van der Waals surface area contributed by atoms with E-state index in [1.54, 1.807) is 0 Å². The van der Waals surface area contributed by atoms with Gasteiger partial charge in [-0.15, -0.1) is 0 Å². The number of morpholine rings is 1. The lowest BCUT2D eigenvalue weighted by Gasteiger charge is -2.47. The zero-order valence-corrected chi connectivity index (χ0v) is 12.2. The molecular formula is C14H27NO3. The highest BCUT2D eigenvalue weighted by atomic mass is 16.7. The van der Waals surface area contributed by atoms with E-state index in [0.717, 1.165) is 45.7 Å². The molecule has 18 heavy (non-hydrogen) atoms. The molecule has 2 aliphatic heterocycles. The summed E-state index contributed by atoms with van der Waals surface area (Å²) >= 11 is 0. The average molecular weight is 257 g/mol. The summed E-state index contributed by atoms with van der Waals surface area (Å²) in [5, 5.41) is 0. The summed E-state index contributed by atoms with van der Waals surface area (Å²) in [6.45, 7) is 13.3. The molecule has 2 fully saturated rings. The van der Waals surface area contributed by atoms with Gasteiger partial charge in [-0.25, -0.2) is 0 Å². The van der Waals surface area contributed by atoms with Gasteiger partial charge in [0, 0.05) is 26.1 Å². The van der Waals surface area contributed by atoms with Crippen molar-refractivity contribution in [1.29, 1.82) is 0 Å². The minimum Gasteiger partial charge on any atom is -0.367 e. The van der Waals surface area contributed by atoms with Crippen LogP contribution in [-0.4, -0.2) is 55.2 Å². The fourth-order valence-electron chi connectivity index (χ4n) is 3.09. The van der Waals surface area contributed by atoms with Crippen LogP contribution in [0.15, 0.2) is 0 Å². The lowest BCUT2D eigenvalue weighted by molar-refractivity contribution is -0.198. The number of hydrogen-bond donors (Lipinski definition) is 0. The van der Waals surface area contributed by atoms with Crippen LogP contribution in [0.3, 0.4) is 0 Å². The number of ether oxygens (including phenoxy) is 3. The molecule has 0 aromatic rings. The maximum Gasteiger partial charge on any atom is 0.158 e. The zero-order valence-electron chi connectivity index (χ0n) is 12.2. The van der Waals surface area contributed by atoms with Gasteiger partial charge in [-0.05, 0) is 34.1 Å². The molecule has 2 saturated heterocycles. The van der Waals surface area contributed by atoms with Crippen LogP contribution in [0.4, 0.5) is 0 Å². The smallest absolute Gasteiger partial charge is 0.158 e. The Morgan fingerprint density at radius 3 is 2.11 bits per heavy atom. The van der Waals surface area contributed by atoms with E-state index in [9.17, 15) is 0 Å². The first-order valence-corrected chi connectivity index (χ1v) is 7.02. The Morgan fingerprint density at radius 1 is 1.00 bits per heavy atom. The van der Waals surface area contributed by atoms with Crippen molar-refractivity contribution in [3.8, 4) is 0 Å². The number of nitrogens with zero attached hydrogens (tertiary/aromatic N) is 1. The molecule has 0 bridgehead atoms. The molecule has 0 N–H and O–H groups in total. The second kappa shape index (κ2) is 5.45. The predicted octanol–water partition coefficient (Wildman–Crippen LogP) is 2.03. The Balaban J connectivity index is 1.81. The molecule has 4 nitrogen and oxygen atoms in total. The molecule has 0 atom stereocenters. The van der Waals surface area contributed by atoms with Crippen molar-refractivity contribution in [2.24, 2.45) is 0 Å². The van der Waals surface area contributed by atoms with Gasteiger partial charge in [0.2, 0.25) is 0 Å². The average Bonchev–Trinajstić information content (AvgIpc) is 2.24. The second-order valence-electron chi connectivity index (χ2n) is 6.65.